The van der Waals surface area contributed by atoms with Crippen LogP contribution in [0.15, 0.2) is 17.1 Å². The maximum absolute atomic E-state index is 13.6. The molecule has 1 aliphatic rings. The number of methoxy groups -OCH3 is 1. The van der Waals surface area contributed by atoms with Gasteiger partial charge in [0.1, 0.15) is 22.9 Å². The van der Waals surface area contributed by atoms with Crippen LogP contribution >= 0.6 is 0 Å². The number of esters is 1. The average molecular weight is 612 g/mol. The van der Waals surface area contributed by atoms with Crippen molar-refractivity contribution in [3.05, 3.63) is 29.0 Å². The van der Waals surface area contributed by atoms with Gasteiger partial charge >= 0.3 is 12.0 Å². The molecule has 11 heteroatoms. The molecular formula is C33H53N7O4. The van der Waals surface area contributed by atoms with Crippen molar-refractivity contribution >= 4 is 41.2 Å². The van der Waals surface area contributed by atoms with Gasteiger partial charge in [-0.2, -0.15) is 4.98 Å². The Kier molecular flexibility index (Phi) is 13.4. The van der Waals surface area contributed by atoms with E-state index < -0.39 is 5.60 Å². The predicted octanol–water partition coefficient (Wildman–Crippen LogP) is 6.27. The molecule has 2 unspecified atom stereocenters. The zero-order valence-electron chi connectivity index (χ0n) is 28.6. The molecular weight excluding hydrogens is 558 g/mol. The molecule has 2 aromatic heterocycles. The molecule has 3 heterocycles. The molecule has 11 nitrogen and oxygen atoms in total. The smallest absolute Gasteiger partial charge is 0.327 e. The lowest BCUT2D eigenvalue weighted by molar-refractivity contribution is -0.161. The third-order valence-electron chi connectivity index (χ3n) is 7.22. The van der Waals surface area contributed by atoms with Crippen LogP contribution in [0.3, 0.4) is 0 Å². The number of carbonyl (C=O) groups excluding carboxylic acids is 2. The molecule has 44 heavy (non-hydrogen) atoms. The highest BCUT2D eigenvalue weighted by molar-refractivity contribution is 6.04. The number of nitrogens with zero attached hydrogens (tertiary/aromatic N) is 5. The van der Waals surface area contributed by atoms with Crippen molar-refractivity contribution in [3.63, 3.8) is 0 Å². The third-order valence-corrected chi connectivity index (χ3v) is 7.22. The summed E-state index contributed by atoms with van der Waals surface area (Å²) in [5.74, 6) is 0.791. The van der Waals surface area contributed by atoms with Crippen molar-refractivity contribution in [1.82, 2.24) is 9.97 Å². The van der Waals surface area contributed by atoms with Gasteiger partial charge in [-0.3, -0.25) is 14.7 Å². The molecule has 2 amide bonds. The fraction of sp³-hybridized carbons (Fsp3) is 0.606. The Morgan fingerprint density at radius 3 is 2.48 bits per heavy atom. The maximum atomic E-state index is 13.6. The molecule has 1 aliphatic heterocycles. The Morgan fingerprint density at radius 2 is 1.91 bits per heavy atom. The topological polar surface area (TPSA) is 135 Å². The number of hydrogen-bond donors (Lipinski definition) is 2. The SMILES string of the molecule is CC.CCCN(CC(C)C(CC)C(=O)OC(C)(C)C)c1cc(C)nc2c1CCN2C(=O)Nc1cc(C=NC)c(N)nc1OC. The van der Waals surface area contributed by atoms with Crippen LogP contribution in [0.5, 0.6) is 5.88 Å². The van der Waals surface area contributed by atoms with Gasteiger partial charge in [0.25, 0.3) is 0 Å². The van der Waals surface area contributed by atoms with Crippen molar-refractivity contribution in [2.45, 2.75) is 87.2 Å². The Balaban J connectivity index is 0.00000330. The van der Waals surface area contributed by atoms with Crippen LogP contribution in [0, 0.1) is 18.8 Å². The first-order valence-corrected chi connectivity index (χ1v) is 15.7. The Hall–Kier alpha value is -3.89. The zero-order chi connectivity index (χ0) is 33.2. The number of ether oxygens (including phenoxy) is 2. The van der Waals surface area contributed by atoms with E-state index in [4.69, 9.17) is 20.2 Å². The van der Waals surface area contributed by atoms with Crippen LogP contribution in [-0.2, 0) is 16.0 Å². The monoisotopic (exact) mass is 611 g/mol. The normalized spacial score (nSPS) is 13.9. The number of rotatable bonds is 11. The second-order valence-electron chi connectivity index (χ2n) is 11.8. The molecule has 3 N–H and O–H groups in total. The van der Waals surface area contributed by atoms with Gasteiger partial charge in [-0.25, -0.2) is 9.78 Å². The number of hydrogen-bond acceptors (Lipinski definition) is 9. The summed E-state index contributed by atoms with van der Waals surface area (Å²) in [6, 6.07) is 3.44. The number of nitrogens with one attached hydrogen (secondary N) is 1. The van der Waals surface area contributed by atoms with Crippen molar-refractivity contribution in [2.75, 3.05) is 54.6 Å². The molecule has 2 aromatic rings. The number of aliphatic imine (C=N–C) groups is 1. The second kappa shape index (κ2) is 16.3. The number of nitrogens with two attached hydrogens (primary N) is 1. The van der Waals surface area contributed by atoms with E-state index >= 15 is 0 Å². The Labute approximate surface area is 263 Å². The molecule has 2 atom stereocenters. The Morgan fingerprint density at radius 1 is 1.23 bits per heavy atom. The molecule has 0 aromatic carbocycles. The van der Waals surface area contributed by atoms with Gasteiger partial charge in [0.05, 0.1) is 13.0 Å². The molecule has 3 rings (SSSR count). The first-order valence-electron chi connectivity index (χ1n) is 15.7. The van der Waals surface area contributed by atoms with Crippen LogP contribution in [0.4, 0.5) is 27.8 Å². The fourth-order valence-electron chi connectivity index (χ4n) is 5.37. The van der Waals surface area contributed by atoms with Gasteiger partial charge < -0.3 is 25.4 Å². The Bertz CT molecular complexity index is 1310. The average Bonchev–Trinajstić information content (AvgIpc) is 3.38. The third kappa shape index (κ3) is 9.06. The molecule has 0 radical (unpaired) electrons. The van der Waals surface area contributed by atoms with Gasteiger partial charge in [0, 0.05) is 55.4 Å². The van der Waals surface area contributed by atoms with Crippen LogP contribution in [0.1, 0.15) is 85.1 Å². The summed E-state index contributed by atoms with van der Waals surface area (Å²) in [6.45, 7) is 19.9. The highest BCUT2D eigenvalue weighted by Gasteiger charge is 2.33. The summed E-state index contributed by atoms with van der Waals surface area (Å²) in [5.41, 5.74) is 9.33. The minimum absolute atomic E-state index is 0.0627. The van der Waals surface area contributed by atoms with Crippen molar-refractivity contribution in [1.29, 1.82) is 0 Å². The van der Waals surface area contributed by atoms with E-state index in [0.29, 0.717) is 43.0 Å². The molecule has 0 saturated carbocycles. The summed E-state index contributed by atoms with van der Waals surface area (Å²) in [7, 11) is 3.11. The van der Waals surface area contributed by atoms with Gasteiger partial charge in [-0.1, -0.05) is 34.6 Å². The summed E-state index contributed by atoms with van der Waals surface area (Å²) >= 11 is 0. The number of aryl methyl sites for hydroxylation is 1. The molecule has 244 valence electrons. The second-order valence-corrected chi connectivity index (χ2v) is 11.8. The van der Waals surface area contributed by atoms with E-state index in [2.05, 4.69) is 40.1 Å². The van der Waals surface area contributed by atoms with E-state index in [1.165, 1.54) is 7.11 Å². The first-order chi connectivity index (χ1) is 20.8. The van der Waals surface area contributed by atoms with Crippen LogP contribution in [0.25, 0.3) is 0 Å². The van der Waals surface area contributed by atoms with Crippen molar-refractivity contribution in [3.8, 4) is 5.88 Å². The van der Waals surface area contributed by atoms with Crippen LogP contribution in [0.2, 0.25) is 0 Å². The fourth-order valence-corrected chi connectivity index (χ4v) is 5.37. The number of amides is 2. The molecule has 0 fully saturated rings. The van der Waals surface area contributed by atoms with Crippen LogP contribution in [-0.4, -0.2) is 67.6 Å². The minimum atomic E-state index is -0.530. The lowest BCUT2D eigenvalue weighted by Crippen LogP contribution is -2.38. The van der Waals surface area contributed by atoms with E-state index in [9.17, 15) is 9.59 Å². The lowest BCUT2D eigenvalue weighted by atomic mass is 9.90. The number of pyridine rings is 2. The maximum Gasteiger partial charge on any atom is 0.327 e. The van der Waals surface area contributed by atoms with E-state index in [0.717, 1.165) is 29.9 Å². The summed E-state index contributed by atoms with van der Waals surface area (Å²) in [5, 5.41) is 2.93. The number of aromatic nitrogens is 2. The van der Waals surface area contributed by atoms with Gasteiger partial charge in [-0.15, -0.1) is 0 Å². The van der Waals surface area contributed by atoms with Crippen LogP contribution < -0.4 is 25.6 Å². The van der Waals surface area contributed by atoms with Gasteiger partial charge in [0.15, 0.2) is 0 Å². The molecule has 0 bridgehead atoms. The van der Waals surface area contributed by atoms with E-state index in [-0.39, 0.29) is 35.5 Å². The summed E-state index contributed by atoms with van der Waals surface area (Å²) in [4.78, 5) is 43.6. The number of carbonyl (C=O) groups is 2. The first kappa shape index (κ1) is 36.3. The molecule has 0 spiro atoms. The lowest BCUT2D eigenvalue weighted by Gasteiger charge is -2.33. The quantitative estimate of drug-likeness (QED) is 0.224. The van der Waals surface area contributed by atoms with Crippen molar-refractivity contribution in [2.24, 2.45) is 16.8 Å². The van der Waals surface area contributed by atoms with Gasteiger partial charge in [-0.05, 0) is 65.0 Å². The zero-order valence-corrected chi connectivity index (χ0v) is 28.6. The van der Waals surface area contributed by atoms with Crippen molar-refractivity contribution < 1.29 is 19.1 Å². The highest BCUT2D eigenvalue weighted by Crippen LogP contribution is 2.37. The standard InChI is InChI=1S/C31H47N7O4.C2H6/c1-10-13-37(18-19(3)22(11-2)29(39)42-31(5,6)7)25-15-20(4)34-27-23(25)12-14-38(27)30(40)35-24-16-21(17-33-8)26(32)36-28(24)41-9;1-2/h15-17,19,22H,10-14,18H2,1-9H3,(H2,32,36)(H,35,40);1-2H3. The largest absolute Gasteiger partial charge is 0.479 e. The molecule has 0 saturated heterocycles. The highest BCUT2D eigenvalue weighted by atomic mass is 16.6. The van der Waals surface area contributed by atoms with E-state index in [1.54, 1.807) is 24.2 Å². The number of urea groups is 1. The van der Waals surface area contributed by atoms with Gasteiger partial charge in [0.2, 0.25) is 5.88 Å². The molecule has 0 aliphatic carbocycles. The number of fused-ring (bicyclic) bond motifs is 1. The number of anilines is 4. The minimum Gasteiger partial charge on any atom is -0.479 e. The van der Waals surface area contributed by atoms with E-state index in [1.807, 2.05) is 48.5 Å². The summed E-state index contributed by atoms with van der Waals surface area (Å²) < 4.78 is 11.1. The number of nitrogen functional groups attached to an aromatic ring is 1. The predicted molar refractivity (Wildman–Crippen MR) is 180 cm³/mol. The summed E-state index contributed by atoms with van der Waals surface area (Å²) in [6.07, 6.45) is 3.87.